The van der Waals surface area contributed by atoms with Crippen LogP contribution in [0.3, 0.4) is 0 Å². The second-order valence-corrected chi connectivity index (χ2v) is 3.48. The SMILES string of the molecule is Fc1cccc(S)c1-c1ccccc1. The Labute approximate surface area is 87.8 Å². The smallest absolute Gasteiger partial charge is 0.132 e. The van der Waals surface area contributed by atoms with Crippen LogP contribution < -0.4 is 0 Å². The van der Waals surface area contributed by atoms with Crippen LogP contribution in [0, 0.1) is 5.82 Å². The van der Waals surface area contributed by atoms with Crippen LogP contribution in [0.5, 0.6) is 0 Å². The molecule has 2 rings (SSSR count). The zero-order valence-corrected chi connectivity index (χ0v) is 8.34. The highest BCUT2D eigenvalue weighted by atomic mass is 32.1. The molecule has 0 unspecified atom stereocenters. The maximum atomic E-state index is 13.5. The predicted octanol–water partition coefficient (Wildman–Crippen LogP) is 3.78. The van der Waals surface area contributed by atoms with Gasteiger partial charge in [0, 0.05) is 10.5 Å². The Morgan fingerprint density at radius 1 is 0.857 bits per heavy atom. The minimum atomic E-state index is -0.233. The number of rotatable bonds is 1. The van der Waals surface area contributed by atoms with E-state index in [0.29, 0.717) is 10.5 Å². The van der Waals surface area contributed by atoms with Gasteiger partial charge < -0.3 is 0 Å². The molecule has 0 heterocycles. The summed E-state index contributed by atoms with van der Waals surface area (Å²) in [5, 5.41) is 0. The maximum Gasteiger partial charge on any atom is 0.132 e. The summed E-state index contributed by atoms with van der Waals surface area (Å²) >= 11 is 4.24. The first-order valence-electron chi connectivity index (χ1n) is 4.32. The Bertz CT molecular complexity index is 417. The van der Waals surface area contributed by atoms with Gasteiger partial charge in [-0.15, -0.1) is 12.6 Å². The molecular formula is C12H9FS. The first-order valence-corrected chi connectivity index (χ1v) is 4.76. The second-order valence-electron chi connectivity index (χ2n) is 3.00. The molecular weight excluding hydrogens is 195 g/mol. The molecule has 0 aliphatic carbocycles. The van der Waals surface area contributed by atoms with Crippen LogP contribution in [0.1, 0.15) is 0 Å². The average Bonchev–Trinajstić information content (AvgIpc) is 2.19. The topological polar surface area (TPSA) is 0 Å². The van der Waals surface area contributed by atoms with E-state index < -0.39 is 0 Å². The third-order valence-electron chi connectivity index (χ3n) is 2.05. The van der Waals surface area contributed by atoms with E-state index in [1.165, 1.54) is 6.07 Å². The zero-order valence-electron chi connectivity index (χ0n) is 7.44. The van der Waals surface area contributed by atoms with Crippen molar-refractivity contribution in [3.63, 3.8) is 0 Å². The molecule has 0 fully saturated rings. The van der Waals surface area contributed by atoms with Crippen LogP contribution >= 0.6 is 12.6 Å². The van der Waals surface area contributed by atoms with Crippen molar-refractivity contribution in [2.24, 2.45) is 0 Å². The lowest BCUT2D eigenvalue weighted by atomic mass is 10.1. The lowest BCUT2D eigenvalue weighted by Gasteiger charge is -2.05. The quantitative estimate of drug-likeness (QED) is 0.671. The summed E-state index contributed by atoms with van der Waals surface area (Å²) < 4.78 is 13.5. The fourth-order valence-corrected chi connectivity index (χ4v) is 1.73. The lowest BCUT2D eigenvalue weighted by Crippen LogP contribution is -1.85. The summed E-state index contributed by atoms with van der Waals surface area (Å²) in [6.07, 6.45) is 0. The van der Waals surface area contributed by atoms with Gasteiger partial charge in [0.1, 0.15) is 5.82 Å². The molecule has 0 aliphatic heterocycles. The summed E-state index contributed by atoms with van der Waals surface area (Å²) in [5.41, 5.74) is 1.42. The third kappa shape index (κ3) is 1.66. The minimum absolute atomic E-state index is 0.233. The van der Waals surface area contributed by atoms with Crippen molar-refractivity contribution in [2.45, 2.75) is 4.90 Å². The van der Waals surface area contributed by atoms with Crippen LogP contribution in [-0.4, -0.2) is 0 Å². The van der Waals surface area contributed by atoms with E-state index in [1.807, 2.05) is 30.3 Å². The Balaban J connectivity index is 2.63. The van der Waals surface area contributed by atoms with Crippen molar-refractivity contribution < 1.29 is 4.39 Å². The summed E-state index contributed by atoms with van der Waals surface area (Å²) in [4.78, 5) is 0.663. The Hall–Kier alpha value is -1.28. The molecule has 0 spiro atoms. The zero-order chi connectivity index (χ0) is 9.97. The van der Waals surface area contributed by atoms with Crippen LogP contribution in [0.15, 0.2) is 53.4 Å². The van der Waals surface area contributed by atoms with Gasteiger partial charge in [0.15, 0.2) is 0 Å². The lowest BCUT2D eigenvalue weighted by molar-refractivity contribution is 0.628. The molecule has 2 aromatic carbocycles. The van der Waals surface area contributed by atoms with E-state index >= 15 is 0 Å². The molecule has 0 saturated carbocycles. The van der Waals surface area contributed by atoms with E-state index in [9.17, 15) is 4.39 Å². The predicted molar refractivity (Wildman–Crippen MR) is 59.1 cm³/mol. The van der Waals surface area contributed by atoms with Gasteiger partial charge in [-0.1, -0.05) is 36.4 Å². The third-order valence-corrected chi connectivity index (χ3v) is 2.43. The average molecular weight is 204 g/mol. The van der Waals surface area contributed by atoms with Crippen LogP contribution in [-0.2, 0) is 0 Å². The molecule has 0 atom stereocenters. The van der Waals surface area contributed by atoms with Gasteiger partial charge in [0.05, 0.1) is 0 Å². The van der Waals surface area contributed by atoms with Crippen molar-refractivity contribution in [3.05, 3.63) is 54.3 Å². The number of benzene rings is 2. The normalized spacial score (nSPS) is 10.1. The highest BCUT2D eigenvalue weighted by Crippen LogP contribution is 2.28. The van der Waals surface area contributed by atoms with Gasteiger partial charge in [0.2, 0.25) is 0 Å². The minimum Gasteiger partial charge on any atom is -0.206 e. The molecule has 0 aromatic heterocycles. The molecule has 0 nitrogen and oxygen atoms in total. The summed E-state index contributed by atoms with van der Waals surface area (Å²) in [5.74, 6) is -0.233. The molecule has 0 bridgehead atoms. The van der Waals surface area contributed by atoms with Crippen LogP contribution in [0.2, 0.25) is 0 Å². The van der Waals surface area contributed by atoms with E-state index in [0.717, 1.165) is 5.56 Å². The van der Waals surface area contributed by atoms with Gasteiger partial charge in [0.25, 0.3) is 0 Å². The van der Waals surface area contributed by atoms with Gasteiger partial charge in [-0.3, -0.25) is 0 Å². The highest BCUT2D eigenvalue weighted by molar-refractivity contribution is 7.80. The van der Waals surface area contributed by atoms with Gasteiger partial charge in [-0.05, 0) is 17.7 Å². The Morgan fingerprint density at radius 3 is 2.21 bits per heavy atom. The first kappa shape index (κ1) is 9.28. The first-order chi connectivity index (χ1) is 6.79. The van der Waals surface area contributed by atoms with Crippen LogP contribution in [0.4, 0.5) is 4.39 Å². The monoisotopic (exact) mass is 204 g/mol. The molecule has 14 heavy (non-hydrogen) atoms. The standard InChI is InChI=1S/C12H9FS/c13-10-7-4-8-11(14)12(10)9-5-2-1-3-6-9/h1-8,14H. The molecule has 0 aliphatic rings. The van der Waals surface area contributed by atoms with Crippen molar-refractivity contribution in [3.8, 4) is 11.1 Å². The van der Waals surface area contributed by atoms with Gasteiger partial charge in [-0.2, -0.15) is 0 Å². The second kappa shape index (κ2) is 3.84. The van der Waals surface area contributed by atoms with Crippen molar-refractivity contribution in [1.82, 2.24) is 0 Å². The Kier molecular flexibility index (Phi) is 2.55. The molecule has 0 N–H and O–H groups in total. The summed E-state index contributed by atoms with van der Waals surface area (Å²) in [6.45, 7) is 0. The number of halogens is 1. The fourth-order valence-electron chi connectivity index (χ4n) is 1.40. The van der Waals surface area contributed by atoms with Crippen molar-refractivity contribution >= 4 is 12.6 Å². The van der Waals surface area contributed by atoms with Crippen LogP contribution in [0.25, 0.3) is 11.1 Å². The summed E-state index contributed by atoms with van der Waals surface area (Å²) in [6, 6.07) is 14.3. The molecule has 0 saturated heterocycles. The van der Waals surface area contributed by atoms with E-state index in [1.54, 1.807) is 12.1 Å². The fraction of sp³-hybridized carbons (Fsp3) is 0. The molecule has 0 radical (unpaired) electrons. The number of hydrogen-bond donors (Lipinski definition) is 1. The van der Waals surface area contributed by atoms with E-state index in [-0.39, 0.29) is 5.82 Å². The van der Waals surface area contributed by atoms with E-state index in [2.05, 4.69) is 12.6 Å². The molecule has 0 amide bonds. The summed E-state index contributed by atoms with van der Waals surface area (Å²) in [7, 11) is 0. The highest BCUT2D eigenvalue weighted by Gasteiger charge is 2.06. The molecule has 2 aromatic rings. The van der Waals surface area contributed by atoms with Crippen molar-refractivity contribution in [1.29, 1.82) is 0 Å². The number of thiol groups is 1. The van der Waals surface area contributed by atoms with Crippen molar-refractivity contribution in [2.75, 3.05) is 0 Å². The molecule has 70 valence electrons. The maximum absolute atomic E-state index is 13.5. The largest absolute Gasteiger partial charge is 0.206 e. The molecule has 2 heteroatoms. The van der Waals surface area contributed by atoms with E-state index in [4.69, 9.17) is 0 Å². The van der Waals surface area contributed by atoms with Gasteiger partial charge in [-0.25, -0.2) is 4.39 Å². The Morgan fingerprint density at radius 2 is 1.57 bits per heavy atom. The van der Waals surface area contributed by atoms with Gasteiger partial charge >= 0.3 is 0 Å². The number of hydrogen-bond acceptors (Lipinski definition) is 1.